The topological polar surface area (TPSA) is 72.0 Å². The lowest BCUT2D eigenvalue weighted by Crippen LogP contribution is -2.09. The number of thiophene rings is 1. The molecule has 0 saturated heterocycles. The first kappa shape index (κ1) is 20.2. The molecule has 1 amide bonds. The average Bonchev–Trinajstić information content (AvgIpc) is 3.17. The van der Waals surface area contributed by atoms with E-state index in [9.17, 15) is 14.0 Å². The number of benzene rings is 2. The van der Waals surface area contributed by atoms with Crippen molar-refractivity contribution in [1.29, 1.82) is 0 Å². The Morgan fingerprint density at radius 3 is 2.63 bits per heavy atom. The minimum atomic E-state index is -0.665. The molecule has 0 spiro atoms. The summed E-state index contributed by atoms with van der Waals surface area (Å²) in [5.74, 6) is -1.28. The van der Waals surface area contributed by atoms with Gasteiger partial charge in [0.05, 0.1) is 11.3 Å². The summed E-state index contributed by atoms with van der Waals surface area (Å²) in [6.07, 6.45) is 1.48. The van der Waals surface area contributed by atoms with Crippen LogP contribution in [0.15, 0.2) is 66.0 Å². The van der Waals surface area contributed by atoms with Gasteiger partial charge < -0.3 is 5.32 Å². The smallest absolute Gasteiger partial charge is 0.221 e. The standard InChI is InChI=1S/C22H16FN3O2S2/c1-13(27)26-15-7-8-16(18(23)9-15)19(28)11-29-21-17-10-20(14-5-3-2-4-6-14)30-22(17)25-12-24-21/h2-10,12H,11H2,1H3,(H,26,27). The van der Waals surface area contributed by atoms with Crippen molar-refractivity contribution in [2.24, 2.45) is 0 Å². The van der Waals surface area contributed by atoms with Crippen LogP contribution < -0.4 is 5.32 Å². The molecule has 2 aromatic heterocycles. The van der Waals surface area contributed by atoms with Gasteiger partial charge in [-0.15, -0.1) is 11.3 Å². The number of hydrogen-bond donors (Lipinski definition) is 1. The molecular formula is C22H16FN3O2S2. The Morgan fingerprint density at radius 1 is 1.10 bits per heavy atom. The second-order valence-corrected chi connectivity index (χ2v) is 8.46. The summed E-state index contributed by atoms with van der Waals surface area (Å²) in [4.78, 5) is 34.2. The Kier molecular flexibility index (Phi) is 5.87. The van der Waals surface area contributed by atoms with E-state index in [1.165, 1.54) is 37.1 Å². The van der Waals surface area contributed by atoms with E-state index in [1.54, 1.807) is 11.3 Å². The molecule has 150 valence electrons. The molecule has 5 nitrogen and oxygen atoms in total. The third kappa shape index (κ3) is 4.39. The number of carbonyl (C=O) groups is 2. The number of halogens is 1. The molecule has 0 radical (unpaired) electrons. The minimum Gasteiger partial charge on any atom is -0.326 e. The highest BCUT2D eigenvalue weighted by molar-refractivity contribution is 8.00. The highest BCUT2D eigenvalue weighted by atomic mass is 32.2. The van der Waals surface area contributed by atoms with Crippen LogP contribution in [0.5, 0.6) is 0 Å². The first-order chi connectivity index (χ1) is 14.5. The number of carbonyl (C=O) groups excluding carboxylic acids is 2. The molecule has 0 atom stereocenters. The number of nitrogens with zero attached hydrogens (tertiary/aromatic N) is 2. The fourth-order valence-electron chi connectivity index (χ4n) is 2.93. The second-order valence-electron chi connectivity index (χ2n) is 6.46. The maximum atomic E-state index is 14.3. The SMILES string of the molecule is CC(=O)Nc1ccc(C(=O)CSc2ncnc3sc(-c4ccccc4)cc23)c(F)c1. The molecule has 8 heteroatoms. The Balaban J connectivity index is 1.53. The van der Waals surface area contributed by atoms with Crippen LogP contribution in [0.4, 0.5) is 10.1 Å². The lowest BCUT2D eigenvalue weighted by molar-refractivity contribution is -0.114. The zero-order valence-electron chi connectivity index (χ0n) is 15.9. The molecule has 2 heterocycles. The normalized spacial score (nSPS) is 10.9. The number of thioether (sulfide) groups is 1. The average molecular weight is 438 g/mol. The van der Waals surface area contributed by atoms with Gasteiger partial charge in [0.25, 0.3) is 0 Å². The summed E-state index contributed by atoms with van der Waals surface area (Å²) < 4.78 is 14.3. The Hall–Kier alpha value is -3.10. The van der Waals surface area contributed by atoms with E-state index in [-0.39, 0.29) is 23.0 Å². The van der Waals surface area contributed by atoms with Crippen molar-refractivity contribution in [2.75, 3.05) is 11.1 Å². The van der Waals surface area contributed by atoms with Crippen LogP contribution in [-0.4, -0.2) is 27.4 Å². The van der Waals surface area contributed by atoms with Crippen LogP contribution in [0.3, 0.4) is 0 Å². The number of ketones is 1. The Morgan fingerprint density at radius 2 is 1.90 bits per heavy atom. The molecule has 0 unspecified atom stereocenters. The van der Waals surface area contributed by atoms with Gasteiger partial charge in [-0.05, 0) is 29.8 Å². The number of nitrogens with one attached hydrogen (secondary N) is 1. The van der Waals surface area contributed by atoms with Gasteiger partial charge >= 0.3 is 0 Å². The zero-order valence-corrected chi connectivity index (χ0v) is 17.5. The number of hydrogen-bond acceptors (Lipinski definition) is 6. The van der Waals surface area contributed by atoms with Crippen molar-refractivity contribution in [2.45, 2.75) is 11.9 Å². The summed E-state index contributed by atoms with van der Waals surface area (Å²) >= 11 is 2.81. The van der Waals surface area contributed by atoms with E-state index in [0.717, 1.165) is 26.7 Å². The molecular weight excluding hydrogens is 421 g/mol. The lowest BCUT2D eigenvalue weighted by Gasteiger charge is -2.06. The predicted octanol–water partition coefficient (Wildman–Crippen LogP) is 5.43. The molecule has 30 heavy (non-hydrogen) atoms. The van der Waals surface area contributed by atoms with Crippen molar-refractivity contribution in [3.8, 4) is 10.4 Å². The van der Waals surface area contributed by atoms with Gasteiger partial charge in [0.2, 0.25) is 5.91 Å². The Bertz CT molecular complexity index is 1240. The molecule has 4 rings (SSSR count). The van der Waals surface area contributed by atoms with Crippen molar-refractivity contribution >= 4 is 50.7 Å². The van der Waals surface area contributed by atoms with Crippen LogP contribution in [-0.2, 0) is 4.79 Å². The molecule has 0 fully saturated rings. The highest BCUT2D eigenvalue weighted by Gasteiger charge is 2.16. The number of aromatic nitrogens is 2. The second kappa shape index (κ2) is 8.73. The monoisotopic (exact) mass is 437 g/mol. The number of rotatable bonds is 6. The predicted molar refractivity (Wildman–Crippen MR) is 119 cm³/mol. The summed E-state index contributed by atoms with van der Waals surface area (Å²) in [7, 11) is 0. The quantitative estimate of drug-likeness (QED) is 0.247. The molecule has 1 N–H and O–H groups in total. The van der Waals surface area contributed by atoms with Crippen LogP contribution >= 0.6 is 23.1 Å². The van der Waals surface area contributed by atoms with E-state index in [2.05, 4.69) is 15.3 Å². The van der Waals surface area contributed by atoms with Gasteiger partial charge in [-0.1, -0.05) is 42.1 Å². The van der Waals surface area contributed by atoms with Gasteiger partial charge in [0.15, 0.2) is 5.78 Å². The number of Topliss-reactive ketones (excluding diaryl/α,β-unsaturated/α-hetero) is 1. The lowest BCUT2D eigenvalue weighted by atomic mass is 10.1. The van der Waals surface area contributed by atoms with Crippen molar-refractivity contribution in [1.82, 2.24) is 9.97 Å². The van der Waals surface area contributed by atoms with Crippen LogP contribution in [0.1, 0.15) is 17.3 Å². The zero-order chi connectivity index (χ0) is 21.1. The number of amides is 1. The molecule has 4 aromatic rings. The van der Waals surface area contributed by atoms with Crippen LogP contribution in [0, 0.1) is 5.82 Å². The van der Waals surface area contributed by atoms with Gasteiger partial charge in [0, 0.05) is 22.9 Å². The molecule has 0 aliphatic carbocycles. The van der Waals surface area contributed by atoms with Gasteiger partial charge in [-0.3, -0.25) is 9.59 Å². The van der Waals surface area contributed by atoms with E-state index in [0.29, 0.717) is 10.7 Å². The molecule has 0 saturated carbocycles. The third-order valence-corrected chi connectivity index (χ3v) is 6.38. The molecule has 2 aromatic carbocycles. The van der Waals surface area contributed by atoms with Gasteiger partial charge in [0.1, 0.15) is 22.0 Å². The molecule has 0 aliphatic heterocycles. The van der Waals surface area contributed by atoms with Crippen LogP contribution in [0.25, 0.3) is 20.7 Å². The maximum Gasteiger partial charge on any atom is 0.221 e. The summed E-state index contributed by atoms with van der Waals surface area (Å²) in [5.41, 5.74) is 1.39. The van der Waals surface area contributed by atoms with E-state index in [4.69, 9.17) is 0 Å². The molecule has 0 aliphatic rings. The third-order valence-electron chi connectivity index (χ3n) is 4.28. The largest absolute Gasteiger partial charge is 0.326 e. The first-order valence-corrected chi connectivity index (χ1v) is 10.8. The van der Waals surface area contributed by atoms with E-state index >= 15 is 0 Å². The summed E-state index contributed by atoms with van der Waals surface area (Å²) in [5, 5.41) is 4.05. The summed E-state index contributed by atoms with van der Waals surface area (Å²) in [6.45, 7) is 1.34. The summed E-state index contributed by atoms with van der Waals surface area (Å²) in [6, 6.07) is 16.0. The van der Waals surface area contributed by atoms with Crippen molar-refractivity contribution in [3.05, 3.63) is 72.3 Å². The van der Waals surface area contributed by atoms with Crippen molar-refractivity contribution < 1.29 is 14.0 Å². The van der Waals surface area contributed by atoms with Crippen molar-refractivity contribution in [3.63, 3.8) is 0 Å². The van der Waals surface area contributed by atoms with Crippen LogP contribution in [0.2, 0.25) is 0 Å². The fourth-order valence-corrected chi connectivity index (χ4v) is 4.85. The number of fused-ring (bicyclic) bond motifs is 1. The minimum absolute atomic E-state index is 0.0165. The Labute approximate surface area is 180 Å². The first-order valence-electron chi connectivity index (χ1n) is 9.04. The van der Waals surface area contributed by atoms with Gasteiger partial charge in [-0.2, -0.15) is 0 Å². The van der Waals surface area contributed by atoms with Gasteiger partial charge in [-0.25, -0.2) is 14.4 Å². The molecule has 0 bridgehead atoms. The highest BCUT2D eigenvalue weighted by Crippen LogP contribution is 2.36. The maximum absolute atomic E-state index is 14.3. The fraction of sp³-hybridized carbons (Fsp3) is 0.0909. The van der Waals surface area contributed by atoms with E-state index < -0.39 is 5.82 Å². The number of anilines is 1. The van der Waals surface area contributed by atoms with E-state index in [1.807, 2.05) is 36.4 Å².